The van der Waals surface area contributed by atoms with E-state index in [0.717, 1.165) is 28.4 Å². The van der Waals surface area contributed by atoms with E-state index in [2.05, 4.69) is 24.9 Å². The Bertz CT molecular complexity index is 992. The second-order valence-electron chi connectivity index (χ2n) is 4.95. The molecule has 0 aliphatic carbocycles. The molecule has 0 bridgehead atoms. The van der Waals surface area contributed by atoms with Crippen LogP contribution in [-0.2, 0) is 12.3 Å². The van der Waals surface area contributed by atoms with Crippen molar-refractivity contribution in [2.24, 2.45) is 0 Å². The van der Waals surface area contributed by atoms with Crippen LogP contribution in [0, 0.1) is 5.82 Å². The summed E-state index contributed by atoms with van der Waals surface area (Å²) in [5.41, 5.74) is 2.68. The van der Waals surface area contributed by atoms with Crippen molar-refractivity contribution >= 4 is 34.0 Å². The molecule has 3 heterocycles. The number of halogens is 1. The third-order valence-corrected chi connectivity index (χ3v) is 4.64. The minimum atomic E-state index is -0.293. The minimum Gasteiger partial charge on any atom is -0.341 e. The maximum atomic E-state index is 13.9. The molecule has 8 heteroatoms. The number of rotatable bonds is 4. The Morgan fingerprint density at radius 2 is 2.17 bits per heavy atom. The van der Waals surface area contributed by atoms with Gasteiger partial charge in [-0.05, 0) is 19.1 Å². The summed E-state index contributed by atoms with van der Waals surface area (Å²) in [6.45, 7) is 2.76. The van der Waals surface area contributed by atoms with Gasteiger partial charge in [-0.2, -0.15) is 0 Å². The van der Waals surface area contributed by atoms with Gasteiger partial charge in [-0.25, -0.2) is 24.3 Å². The van der Waals surface area contributed by atoms with Gasteiger partial charge >= 0.3 is 0 Å². The summed E-state index contributed by atoms with van der Waals surface area (Å²) < 4.78 is 16.0. The van der Waals surface area contributed by atoms with Crippen LogP contribution in [0.3, 0.4) is 0 Å². The Morgan fingerprint density at radius 3 is 3.04 bits per heavy atom. The third-order valence-electron chi connectivity index (χ3n) is 3.65. The molecule has 4 aromatic rings. The van der Waals surface area contributed by atoms with Crippen LogP contribution in [-0.4, -0.2) is 29.5 Å². The van der Waals surface area contributed by atoms with Crippen LogP contribution < -0.4 is 0 Å². The van der Waals surface area contributed by atoms with E-state index in [1.807, 2.05) is 17.6 Å². The number of hydrogen-bond donors (Lipinski definition) is 1. The predicted octanol–water partition coefficient (Wildman–Crippen LogP) is 3.15. The van der Waals surface area contributed by atoms with E-state index < -0.39 is 0 Å². The van der Waals surface area contributed by atoms with E-state index >= 15 is 0 Å². The molecule has 23 heavy (non-hydrogen) atoms. The molecule has 0 amide bonds. The van der Waals surface area contributed by atoms with Crippen molar-refractivity contribution in [2.75, 3.05) is 0 Å². The van der Waals surface area contributed by atoms with Crippen LogP contribution in [0.1, 0.15) is 12.7 Å². The summed E-state index contributed by atoms with van der Waals surface area (Å²) in [6.07, 6.45) is 3.09. The first-order valence-corrected chi connectivity index (χ1v) is 8.17. The number of aromatic amines is 1. The molecule has 116 valence electrons. The Hall–Kier alpha value is -2.48. The molecule has 0 spiro atoms. The molecule has 6 nitrogen and oxygen atoms in total. The number of para-hydroxylation sites is 1. The lowest BCUT2D eigenvalue weighted by atomic mass is 10.3. The van der Waals surface area contributed by atoms with Crippen LogP contribution in [0.2, 0.25) is 0 Å². The van der Waals surface area contributed by atoms with E-state index in [-0.39, 0.29) is 5.82 Å². The number of hydrogen-bond acceptors (Lipinski definition) is 5. The lowest BCUT2D eigenvalue weighted by molar-refractivity contribution is 0.637. The van der Waals surface area contributed by atoms with Crippen LogP contribution in [0.5, 0.6) is 0 Å². The molecule has 0 unspecified atom stereocenters. The molecule has 3 aromatic heterocycles. The maximum absolute atomic E-state index is 13.9. The van der Waals surface area contributed by atoms with Crippen molar-refractivity contribution in [2.45, 2.75) is 24.2 Å². The summed E-state index contributed by atoms with van der Waals surface area (Å²) >= 11 is 1.53. The standard InChI is InChI=1S/C15H13FN6S/c1-2-22-10-5-3-4-9(16)12(10)21-11(22)6-23-15-13-14(18-7-17-13)19-8-20-15/h3-5,7-8H,2,6H2,1H3,(H,17,18,19,20). The van der Waals surface area contributed by atoms with Gasteiger partial charge in [-0.3, -0.25) is 0 Å². The first kappa shape index (κ1) is 14.1. The Kier molecular flexibility index (Phi) is 3.45. The molecule has 1 N–H and O–H groups in total. The number of benzene rings is 1. The predicted molar refractivity (Wildman–Crippen MR) is 86.6 cm³/mol. The van der Waals surface area contributed by atoms with Gasteiger partial charge in [0.2, 0.25) is 0 Å². The topological polar surface area (TPSA) is 72.3 Å². The highest BCUT2D eigenvalue weighted by Crippen LogP contribution is 2.27. The number of nitrogens with zero attached hydrogens (tertiary/aromatic N) is 5. The van der Waals surface area contributed by atoms with Crippen molar-refractivity contribution in [3.63, 3.8) is 0 Å². The Morgan fingerprint density at radius 1 is 1.26 bits per heavy atom. The summed E-state index contributed by atoms with van der Waals surface area (Å²) in [5.74, 6) is 1.12. The van der Waals surface area contributed by atoms with Gasteiger partial charge in [0.05, 0.1) is 17.6 Å². The van der Waals surface area contributed by atoms with Gasteiger partial charge in [0, 0.05) is 6.54 Å². The van der Waals surface area contributed by atoms with Gasteiger partial charge in [0.25, 0.3) is 0 Å². The smallest absolute Gasteiger partial charge is 0.181 e. The largest absolute Gasteiger partial charge is 0.341 e. The monoisotopic (exact) mass is 328 g/mol. The molecule has 4 rings (SSSR count). The summed E-state index contributed by atoms with van der Waals surface area (Å²) in [4.78, 5) is 20.0. The number of fused-ring (bicyclic) bond motifs is 2. The highest BCUT2D eigenvalue weighted by Gasteiger charge is 2.14. The zero-order valence-electron chi connectivity index (χ0n) is 12.3. The summed E-state index contributed by atoms with van der Waals surface area (Å²) in [5, 5.41) is 0.808. The van der Waals surface area contributed by atoms with Gasteiger partial charge in [-0.1, -0.05) is 17.8 Å². The van der Waals surface area contributed by atoms with Gasteiger partial charge < -0.3 is 9.55 Å². The van der Waals surface area contributed by atoms with Crippen LogP contribution >= 0.6 is 11.8 Å². The van der Waals surface area contributed by atoms with E-state index in [1.54, 1.807) is 12.4 Å². The third kappa shape index (κ3) is 2.35. The second-order valence-corrected chi connectivity index (χ2v) is 5.91. The fourth-order valence-corrected chi connectivity index (χ4v) is 3.51. The fraction of sp³-hybridized carbons (Fsp3) is 0.200. The Labute approximate surface area is 135 Å². The van der Waals surface area contributed by atoms with E-state index in [9.17, 15) is 4.39 Å². The second kappa shape index (κ2) is 5.62. The number of aryl methyl sites for hydroxylation is 1. The molecular weight excluding hydrogens is 315 g/mol. The quantitative estimate of drug-likeness (QED) is 0.460. The summed E-state index contributed by atoms with van der Waals surface area (Å²) in [7, 11) is 0. The maximum Gasteiger partial charge on any atom is 0.181 e. The first-order chi connectivity index (χ1) is 11.3. The molecule has 0 fully saturated rings. The zero-order chi connectivity index (χ0) is 15.8. The normalized spacial score (nSPS) is 11.6. The number of imidazole rings is 2. The van der Waals surface area contributed by atoms with Gasteiger partial charge in [0.15, 0.2) is 11.5 Å². The van der Waals surface area contributed by atoms with E-state index in [4.69, 9.17) is 0 Å². The molecule has 0 saturated carbocycles. The highest BCUT2D eigenvalue weighted by atomic mass is 32.2. The zero-order valence-corrected chi connectivity index (χ0v) is 13.1. The molecule has 0 aliphatic heterocycles. The average molecular weight is 328 g/mol. The van der Waals surface area contributed by atoms with E-state index in [1.165, 1.54) is 24.2 Å². The average Bonchev–Trinajstić information content (AvgIpc) is 3.17. The number of thioether (sulfide) groups is 1. The van der Waals surface area contributed by atoms with Crippen molar-refractivity contribution < 1.29 is 4.39 Å². The first-order valence-electron chi connectivity index (χ1n) is 7.18. The fourth-order valence-electron chi connectivity index (χ4n) is 2.61. The van der Waals surface area contributed by atoms with Gasteiger partial charge in [-0.15, -0.1) is 0 Å². The van der Waals surface area contributed by atoms with Crippen LogP contribution in [0.4, 0.5) is 4.39 Å². The molecule has 1 aromatic carbocycles. The van der Waals surface area contributed by atoms with Crippen molar-refractivity contribution in [1.82, 2.24) is 29.5 Å². The molecule has 0 radical (unpaired) electrons. The lowest BCUT2D eigenvalue weighted by Gasteiger charge is -2.05. The number of nitrogens with one attached hydrogen (secondary N) is 1. The van der Waals surface area contributed by atoms with E-state index in [0.29, 0.717) is 16.9 Å². The summed E-state index contributed by atoms with van der Waals surface area (Å²) in [6, 6.07) is 5.03. The minimum absolute atomic E-state index is 0.293. The van der Waals surface area contributed by atoms with Crippen molar-refractivity contribution in [1.29, 1.82) is 0 Å². The molecule has 0 atom stereocenters. The molecule has 0 saturated heterocycles. The number of H-pyrrole nitrogens is 1. The SMILES string of the molecule is CCn1c(CSc2ncnc3nc[nH]c23)nc2c(F)cccc21. The van der Waals surface area contributed by atoms with Crippen LogP contribution in [0.25, 0.3) is 22.2 Å². The van der Waals surface area contributed by atoms with Crippen molar-refractivity contribution in [3.8, 4) is 0 Å². The number of aromatic nitrogens is 6. The molecular formula is C15H13FN6S. The molecule has 0 aliphatic rings. The van der Waals surface area contributed by atoms with Gasteiger partial charge in [0.1, 0.15) is 28.2 Å². The lowest BCUT2D eigenvalue weighted by Crippen LogP contribution is -2.00. The van der Waals surface area contributed by atoms with Crippen molar-refractivity contribution in [3.05, 3.63) is 42.5 Å². The highest BCUT2D eigenvalue weighted by molar-refractivity contribution is 7.98. The Balaban J connectivity index is 1.70. The van der Waals surface area contributed by atoms with Crippen LogP contribution in [0.15, 0.2) is 35.9 Å².